The van der Waals surface area contributed by atoms with Gasteiger partial charge in [-0.15, -0.1) is 0 Å². The van der Waals surface area contributed by atoms with Gasteiger partial charge in [0.15, 0.2) is 12.6 Å². The molecule has 81 heavy (non-hydrogen) atoms. The van der Waals surface area contributed by atoms with Gasteiger partial charge in [-0.05, 0) is 206 Å². The van der Waals surface area contributed by atoms with Gasteiger partial charge in [-0.3, -0.25) is 0 Å². The molecule has 6 aromatic carbocycles. The predicted octanol–water partition coefficient (Wildman–Crippen LogP) is 13.7. The van der Waals surface area contributed by atoms with E-state index in [9.17, 15) is 14.7 Å². The van der Waals surface area contributed by atoms with E-state index in [1.54, 1.807) is 21.3 Å². The van der Waals surface area contributed by atoms with Crippen molar-refractivity contribution in [1.82, 2.24) is 0 Å². The Kier molecular flexibility index (Phi) is 20.4. The van der Waals surface area contributed by atoms with Crippen LogP contribution in [0.5, 0.6) is 11.5 Å². The Labute approximate surface area is 479 Å². The van der Waals surface area contributed by atoms with Crippen molar-refractivity contribution in [2.45, 2.75) is 121 Å². The first-order chi connectivity index (χ1) is 39.8. The van der Waals surface area contributed by atoms with E-state index >= 15 is 0 Å². The van der Waals surface area contributed by atoms with Gasteiger partial charge in [-0.1, -0.05) is 109 Å². The van der Waals surface area contributed by atoms with E-state index in [0.29, 0.717) is 47.3 Å². The number of hydrogen-bond acceptors (Lipinski definition) is 11. The van der Waals surface area contributed by atoms with Crippen LogP contribution in [0.2, 0.25) is 0 Å². The molecule has 4 unspecified atom stereocenters. The molecule has 2 heterocycles. The Balaban J connectivity index is 0.000000164. The van der Waals surface area contributed by atoms with Crippen LogP contribution in [0.25, 0.3) is 22.3 Å². The maximum absolute atomic E-state index is 13.4. The summed E-state index contributed by atoms with van der Waals surface area (Å²) < 4.78 is 45.6. The van der Waals surface area contributed by atoms with E-state index in [0.717, 1.165) is 137 Å². The van der Waals surface area contributed by atoms with Gasteiger partial charge < -0.3 is 43.0 Å². The van der Waals surface area contributed by atoms with Gasteiger partial charge in [0.25, 0.3) is 0 Å². The van der Waals surface area contributed by atoms with E-state index in [-0.39, 0.29) is 49.3 Å². The number of aliphatic hydroxyl groups excluding tert-OH is 1. The van der Waals surface area contributed by atoms with E-state index in [4.69, 9.17) is 37.9 Å². The van der Waals surface area contributed by atoms with Crippen molar-refractivity contribution in [3.8, 4) is 33.8 Å². The zero-order valence-corrected chi connectivity index (χ0v) is 47.6. The molecule has 12 rings (SSSR count). The average Bonchev–Trinajstić information content (AvgIpc) is 4.49. The Hall–Kier alpha value is -6.34. The molecule has 0 bridgehead atoms. The SMILES string of the molecule is COC1CCCO1.COc1cccc2c1CC1C[C@@H](OC(=O)c3ccc(-c4ccccc4)cc3)[C@H](CCCO)[C@H]1C2.COc1cccc2c1CC1C[C@@H](OC(=O)c3ccc(-c4ccccc4)cc3)[C@H](CCCOC3CCCCO3)[C@H]1C2. The third-order valence-electron chi connectivity index (χ3n) is 18.0. The molecule has 2 aliphatic heterocycles. The minimum absolute atomic E-state index is 0.0634. The zero-order chi connectivity index (χ0) is 55.9. The van der Waals surface area contributed by atoms with Gasteiger partial charge in [-0.25, -0.2) is 9.59 Å². The summed E-state index contributed by atoms with van der Waals surface area (Å²) in [5.74, 6) is 3.93. The summed E-state index contributed by atoms with van der Waals surface area (Å²) in [6.07, 6.45) is 14.5. The van der Waals surface area contributed by atoms with Crippen molar-refractivity contribution in [1.29, 1.82) is 0 Å². The molecule has 0 spiro atoms. The maximum atomic E-state index is 13.4. The fourth-order valence-electron chi connectivity index (χ4n) is 13.9. The van der Waals surface area contributed by atoms with Crippen LogP contribution in [0.1, 0.15) is 114 Å². The third kappa shape index (κ3) is 14.5. The normalized spacial score (nSPS) is 25.0. The van der Waals surface area contributed by atoms with Gasteiger partial charge in [0.2, 0.25) is 0 Å². The third-order valence-corrected chi connectivity index (χ3v) is 18.0. The highest BCUT2D eigenvalue weighted by Crippen LogP contribution is 2.51. The van der Waals surface area contributed by atoms with E-state index in [1.807, 2.05) is 91.0 Å². The van der Waals surface area contributed by atoms with Crippen molar-refractivity contribution < 1.29 is 52.6 Å². The molecule has 6 aromatic rings. The highest BCUT2D eigenvalue weighted by Gasteiger charge is 2.48. The van der Waals surface area contributed by atoms with E-state index in [2.05, 4.69) is 54.6 Å². The molecule has 1 N–H and O–H groups in total. The fraction of sp³-hybridized carbons (Fsp3) is 0.457. The lowest BCUT2D eigenvalue weighted by Crippen LogP contribution is -2.29. The lowest BCUT2D eigenvalue weighted by atomic mass is 9.73. The molecule has 0 radical (unpaired) electrons. The number of carbonyl (C=O) groups is 2. The Morgan fingerprint density at radius 2 is 0.975 bits per heavy atom. The summed E-state index contributed by atoms with van der Waals surface area (Å²) in [4.78, 5) is 26.5. The van der Waals surface area contributed by atoms with Gasteiger partial charge in [0.05, 0.1) is 25.3 Å². The van der Waals surface area contributed by atoms with Crippen LogP contribution in [0.15, 0.2) is 146 Å². The van der Waals surface area contributed by atoms with Crippen molar-refractivity contribution in [2.75, 3.05) is 47.8 Å². The Bertz CT molecular complexity index is 2920. The molecular weight excluding hydrogens is 1020 g/mol. The van der Waals surface area contributed by atoms with Crippen molar-refractivity contribution in [3.05, 3.63) is 179 Å². The second kappa shape index (κ2) is 28.6. The van der Waals surface area contributed by atoms with E-state index < -0.39 is 0 Å². The summed E-state index contributed by atoms with van der Waals surface area (Å²) in [6.45, 7) is 2.52. The van der Waals surface area contributed by atoms with Crippen molar-refractivity contribution in [2.24, 2.45) is 35.5 Å². The minimum atomic E-state index is -0.257. The number of ether oxygens (including phenoxy) is 8. The molecule has 428 valence electrons. The highest BCUT2D eigenvalue weighted by molar-refractivity contribution is 5.91. The molecular formula is C70H82O11. The predicted molar refractivity (Wildman–Crippen MR) is 314 cm³/mol. The Morgan fingerprint density at radius 3 is 1.41 bits per heavy atom. The van der Waals surface area contributed by atoms with Crippen molar-refractivity contribution >= 4 is 11.9 Å². The maximum Gasteiger partial charge on any atom is 0.338 e. The number of aliphatic hydroxyl groups is 1. The van der Waals surface area contributed by atoms with Crippen LogP contribution < -0.4 is 9.47 Å². The van der Waals surface area contributed by atoms with Crippen LogP contribution in [-0.4, -0.2) is 89.6 Å². The second-order valence-electron chi connectivity index (χ2n) is 22.8. The molecule has 0 amide bonds. The standard InChI is InChI=1S/C35H40O5.C30H32O4.C5H10O2/c1-37-32-13-7-11-27-21-30-28(22-31(27)32)23-33(29(30)12-8-20-39-34-14-5-6-19-38-34)40-35(36)26-17-15-25(16-18-26)24-9-3-2-4-10-24;1-33-28-11-5-9-23-17-26-24(18-27(23)28)19-29(25(26)10-6-16-31)34-30(32)22-14-12-21(13-15-22)20-7-3-2-4-8-20;1-6-5-3-2-4-7-5/h2-4,7,9-11,13,15-18,28-30,33-34H,5-6,8,12,14,19-23H2,1H3;2-5,7-9,11-15,24-26,29,31H,6,10,16-19H2,1H3;5H,2-4H2,1H3/t28?,29-,30+,33-,34?;24?,25-,26+,29-;/m11./s1. The molecule has 0 aromatic heterocycles. The monoisotopic (exact) mass is 1100 g/mol. The van der Waals surface area contributed by atoms with Crippen LogP contribution in [0.4, 0.5) is 0 Å². The minimum Gasteiger partial charge on any atom is -0.496 e. The summed E-state index contributed by atoms with van der Waals surface area (Å²) >= 11 is 0. The first kappa shape index (κ1) is 57.9. The first-order valence-corrected chi connectivity index (χ1v) is 29.8. The number of benzene rings is 6. The zero-order valence-electron chi connectivity index (χ0n) is 47.6. The number of carbonyl (C=O) groups excluding carboxylic acids is 2. The summed E-state index contributed by atoms with van der Waals surface area (Å²) in [5.41, 5.74) is 11.0. The number of rotatable bonds is 17. The molecule has 2 saturated heterocycles. The van der Waals surface area contributed by atoms with Gasteiger partial charge in [0.1, 0.15) is 23.7 Å². The van der Waals surface area contributed by atoms with Crippen molar-refractivity contribution in [3.63, 3.8) is 0 Å². The molecule has 4 fully saturated rings. The molecule has 6 aliphatic rings. The van der Waals surface area contributed by atoms with Gasteiger partial charge >= 0.3 is 11.9 Å². The molecule has 11 nitrogen and oxygen atoms in total. The summed E-state index contributed by atoms with van der Waals surface area (Å²) in [7, 11) is 5.16. The number of methoxy groups -OCH3 is 3. The lowest BCUT2D eigenvalue weighted by molar-refractivity contribution is -0.163. The van der Waals surface area contributed by atoms with Gasteiger partial charge in [0, 0.05) is 40.0 Å². The van der Waals surface area contributed by atoms with Crippen LogP contribution in [0.3, 0.4) is 0 Å². The Morgan fingerprint density at radius 1 is 0.506 bits per heavy atom. The number of esters is 2. The second-order valence-corrected chi connectivity index (χ2v) is 22.8. The number of hydrogen-bond donors (Lipinski definition) is 1. The molecule has 11 heteroatoms. The quantitative estimate of drug-likeness (QED) is 0.0692. The molecule has 10 atom stereocenters. The highest BCUT2D eigenvalue weighted by atomic mass is 16.7. The smallest absolute Gasteiger partial charge is 0.338 e. The van der Waals surface area contributed by atoms with Crippen LogP contribution in [0, 0.1) is 35.5 Å². The summed E-state index contributed by atoms with van der Waals surface area (Å²) in [5, 5.41) is 9.49. The molecule has 4 aliphatic carbocycles. The van der Waals surface area contributed by atoms with E-state index in [1.165, 1.54) is 28.7 Å². The average molecular weight is 1100 g/mol. The summed E-state index contributed by atoms with van der Waals surface area (Å²) in [6, 6.07) is 48.5. The van der Waals surface area contributed by atoms with Crippen LogP contribution in [-0.2, 0) is 54.1 Å². The molecule has 2 saturated carbocycles. The lowest BCUT2D eigenvalue weighted by Gasteiger charge is -2.32. The number of fused-ring (bicyclic) bond motifs is 4. The van der Waals surface area contributed by atoms with Gasteiger partial charge in [-0.2, -0.15) is 0 Å². The largest absolute Gasteiger partial charge is 0.496 e. The van der Waals surface area contributed by atoms with Crippen LogP contribution >= 0.6 is 0 Å². The topological polar surface area (TPSA) is 128 Å². The first-order valence-electron chi connectivity index (χ1n) is 29.8. The fourth-order valence-corrected chi connectivity index (χ4v) is 13.9.